The van der Waals surface area contributed by atoms with Gasteiger partial charge in [0.2, 0.25) is 5.91 Å². The molecule has 0 bridgehead atoms. The summed E-state index contributed by atoms with van der Waals surface area (Å²) in [6.45, 7) is 7.36. The second-order valence-electron chi connectivity index (χ2n) is 8.50. The zero-order valence-electron chi connectivity index (χ0n) is 18.7. The van der Waals surface area contributed by atoms with Crippen LogP contribution in [0.3, 0.4) is 0 Å². The Morgan fingerprint density at radius 1 is 1.26 bits per heavy atom. The monoisotopic (exact) mass is 426 g/mol. The first kappa shape index (κ1) is 21.4. The molecular formula is C23H30N4O4. The molecule has 1 aromatic carbocycles. The Kier molecular flexibility index (Phi) is 5.75. The molecule has 0 atom stereocenters. The lowest BCUT2D eigenvalue weighted by Gasteiger charge is -2.38. The van der Waals surface area contributed by atoms with Crippen LogP contribution < -0.4 is 10.1 Å². The quantitative estimate of drug-likeness (QED) is 0.812. The molecule has 0 unspecified atom stereocenters. The van der Waals surface area contributed by atoms with Gasteiger partial charge >= 0.3 is 0 Å². The van der Waals surface area contributed by atoms with E-state index >= 15 is 0 Å². The Labute approximate surface area is 182 Å². The first-order valence-corrected chi connectivity index (χ1v) is 10.8. The number of carbonyl (C=O) groups is 2. The summed E-state index contributed by atoms with van der Waals surface area (Å²) in [6, 6.07) is 5.63. The van der Waals surface area contributed by atoms with Crippen molar-refractivity contribution in [3.8, 4) is 5.75 Å². The van der Waals surface area contributed by atoms with Gasteiger partial charge in [-0.15, -0.1) is 0 Å². The number of anilines is 1. The fraction of sp³-hybridized carbons (Fsp3) is 0.522. The Morgan fingerprint density at radius 3 is 2.68 bits per heavy atom. The Morgan fingerprint density at radius 2 is 2.00 bits per heavy atom. The summed E-state index contributed by atoms with van der Waals surface area (Å²) in [5.74, 6) is 0.807. The van der Waals surface area contributed by atoms with Crippen molar-refractivity contribution in [2.45, 2.75) is 45.6 Å². The van der Waals surface area contributed by atoms with Crippen molar-refractivity contribution in [1.82, 2.24) is 14.7 Å². The first-order valence-electron chi connectivity index (χ1n) is 10.8. The maximum absolute atomic E-state index is 13.4. The Balaban J connectivity index is 1.61. The predicted molar refractivity (Wildman–Crippen MR) is 116 cm³/mol. The molecule has 2 amide bonds. The highest BCUT2D eigenvalue weighted by molar-refractivity contribution is 6.01. The summed E-state index contributed by atoms with van der Waals surface area (Å²) < 4.78 is 13.6. The highest BCUT2D eigenvalue weighted by Gasteiger charge is 2.42. The van der Waals surface area contributed by atoms with Crippen molar-refractivity contribution < 1.29 is 19.1 Å². The van der Waals surface area contributed by atoms with Gasteiger partial charge in [0.15, 0.2) is 0 Å². The van der Waals surface area contributed by atoms with E-state index in [0.717, 1.165) is 23.2 Å². The molecule has 31 heavy (non-hydrogen) atoms. The molecule has 4 rings (SSSR count). The number of hydrogen-bond acceptors (Lipinski definition) is 5. The number of fused-ring (bicyclic) bond motifs is 1. The minimum Gasteiger partial charge on any atom is -0.484 e. The molecule has 166 valence electrons. The topological polar surface area (TPSA) is 85.7 Å². The van der Waals surface area contributed by atoms with Crippen molar-refractivity contribution in [1.29, 1.82) is 0 Å². The minimum absolute atomic E-state index is 0.0513. The van der Waals surface area contributed by atoms with Gasteiger partial charge in [-0.1, -0.05) is 18.6 Å². The van der Waals surface area contributed by atoms with E-state index in [1.54, 1.807) is 9.58 Å². The van der Waals surface area contributed by atoms with E-state index in [0.29, 0.717) is 49.7 Å². The van der Waals surface area contributed by atoms with Crippen LogP contribution in [0.1, 0.15) is 46.9 Å². The molecule has 0 aliphatic carbocycles. The van der Waals surface area contributed by atoms with E-state index in [4.69, 9.17) is 9.47 Å². The van der Waals surface area contributed by atoms with E-state index in [1.165, 1.54) is 0 Å². The number of aromatic nitrogens is 2. The van der Waals surface area contributed by atoms with Crippen molar-refractivity contribution in [3.63, 3.8) is 0 Å². The molecule has 2 aliphatic rings. The summed E-state index contributed by atoms with van der Waals surface area (Å²) in [4.78, 5) is 28.0. The van der Waals surface area contributed by atoms with E-state index in [1.807, 2.05) is 46.0 Å². The van der Waals surface area contributed by atoms with Crippen LogP contribution in [0.4, 0.5) is 5.82 Å². The molecule has 2 aromatic rings. The van der Waals surface area contributed by atoms with E-state index in [9.17, 15) is 9.59 Å². The lowest BCUT2D eigenvalue weighted by Crippen LogP contribution is -2.52. The third-order valence-electron chi connectivity index (χ3n) is 6.17. The van der Waals surface area contributed by atoms with Crippen molar-refractivity contribution in [2.75, 3.05) is 31.6 Å². The second kappa shape index (κ2) is 8.34. The maximum atomic E-state index is 13.4. The van der Waals surface area contributed by atoms with Gasteiger partial charge in [-0.05, 0) is 32.4 Å². The standard InChI is InChI=1S/C23H30N4O4/c1-5-18-16(3)21(26(4)25-18)24-20(28)13-27-14-23(8-10-30-11-9-23)31-19-7-6-15(2)12-17(19)22(27)29/h6-7,12H,5,8-11,13-14H2,1-4H3,(H,24,28). The summed E-state index contributed by atoms with van der Waals surface area (Å²) in [5.41, 5.74) is 2.82. The number of nitrogens with zero attached hydrogens (tertiary/aromatic N) is 3. The molecule has 3 heterocycles. The number of amides is 2. The van der Waals surface area contributed by atoms with E-state index in [-0.39, 0.29) is 18.4 Å². The van der Waals surface area contributed by atoms with Crippen molar-refractivity contribution in [3.05, 3.63) is 40.6 Å². The molecule has 8 nitrogen and oxygen atoms in total. The molecule has 0 saturated carbocycles. The van der Waals surface area contributed by atoms with E-state index < -0.39 is 5.60 Å². The first-order chi connectivity index (χ1) is 14.8. The van der Waals surface area contributed by atoms with Gasteiger partial charge in [0.05, 0.1) is 31.0 Å². The molecule has 2 aliphatic heterocycles. The van der Waals surface area contributed by atoms with Crippen LogP contribution in [0.2, 0.25) is 0 Å². The zero-order chi connectivity index (χ0) is 22.2. The van der Waals surface area contributed by atoms with Crippen molar-refractivity contribution in [2.24, 2.45) is 7.05 Å². The fourth-order valence-electron chi connectivity index (χ4n) is 4.43. The average molecular weight is 427 g/mol. The number of rotatable bonds is 4. The second-order valence-corrected chi connectivity index (χ2v) is 8.50. The third-order valence-corrected chi connectivity index (χ3v) is 6.17. The summed E-state index contributed by atoms with van der Waals surface area (Å²) in [5, 5.41) is 7.40. The zero-order valence-corrected chi connectivity index (χ0v) is 18.7. The Hall–Kier alpha value is -2.87. The van der Waals surface area contributed by atoms with Gasteiger partial charge in [0.25, 0.3) is 5.91 Å². The molecule has 1 spiro atoms. The number of hydrogen-bond donors (Lipinski definition) is 1. The molecule has 0 radical (unpaired) electrons. The molecule has 1 saturated heterocycles. The van der Waals surface area contributed by atoms with Crippen LogP contribution >= 0.6 is 0 Å². The molecule has 1 N–H and O–H groups in total. The highest BCUT2D eigenvalue weighted by atomic mass is 16.5. The van der Waals surface area contributed by atoms with Crippen LogP contribution in [0, 0.1) is 13.8 Å². The number of ether oxygens (including phenoxy) is 2. The molecular weight excluding hydrogens is 396 g/mol. The summed E-state index contributed by atoms with van der Waals surface area (Å²) in [7, 11) is 1.81. The SMILES string of the molecule is CCc1nn(C)c(NC(=O)CN2CC3(CCOCC3)Oc3ccc(C)cc3C2=O)c1C. The minimum atomic E-state index is -0.549. The lowest BCUT2D eigenvalue weighted by molar-refractivity contribution is -0.117. The number of aryl methyl sites for hydroxylation is 3. The maximum Gasteiger partial charge on any atom is 0.258 e. The van der Waals surface area contributed by atoms with Gasteiger partial charge in [-0.3, -0.25) is 14.3 Å². The van der Waals surface area contributed by atoms with Crippen LogP contribution in [-0.2, 0) is 23.0 Å². The number of benzene rings is 1. The van der Waals surface area contributed by atoms with Gasteiger partial charge in [0.1, 0.15) is 23.7 Å². The number of nitrogens with one attached hydrogen (secondary N) is 1. The average Bonchev–Trinajstić information content (AvgIpc) is 2.96. The van der Waals surface area contributed by atoms with Crippen LogP contribution in [0.25, 0.3) is 0 Å². The molecule has 1 fully saturated rings. The summed E-state index contributed by atoms with van der Waals surface area (Å²) in [6.07, 6.45) is 2.14. The van der Waals surface area contributed by atoms with Crippen LogP contribution in [-0.4, -0.2) is 58.4 Å². The van der Waals surface area contributed by atoms with Gasteiger partial charge in [0, 0.05) is 25.5 Å². The van der Waals surface area contributed by atoms with E-state index in [2.05, 4.69) is 10.4 Å². The molecule has 8 heteroatoms. The van der Waals surface area contributed by atoms with Gasteiger partial charge in [-0.25, -0.2) is 0 Å². The molecule has 1 aromatic heterocycles. The van der Waals surface area contributed by atoms with Crippen molar-refractivity contribution >= 4 is 17.6 Å². The van der Waals surface area contributed by atoms with Crippen LogP contribution in [0.15, 0.2) is 18.2 Å². The smallest absolute Gasteiger partial charge is 0.258 e. The van der Waals surface area contributed by atoms with Crippen LogP contribution in [0.5, 0.6) is 5.75 Å². The van der Waals surface area contributed by atoms with Gasteiger partial charge < -0.3 is 19.7 Å². The summed E-state index contributed by atoms with van der Waals surface area (Å²) >= 11 is 0. The third kappa shape index (κ3) is 4.17. The Bertz CT molecular complexity index is 1010. The normalized spacial score (nSPS) is 17.8. The highest BCUT2D eigenvalue weighted by Crippen LogP contribution is 2.35. The fourth-order valence-corrected chi connectivity index (χ4v) is 4.43. The largest absolute Gasteiger partial charge is 0.484 e. The number of carbonyl (C=O) groups excluding carboxylic acids is 2. The lowest BCUT2D eigenvalue weighted by atomic mass is 9.93. The van der Waals surface area contributed by atoms with Gasteiger partial charge in [-0.2, -0.15) is 5.10 Å². The predicted octanol–water partition coefficient (Wildman–Crippen LogP) is 2.62.